The first-order valence-electron chi connectivity index (χ1n) is 9.39. The van der Waals surface area contributed by atoms with Gasteiger partial charge in [-0.1, -0.05) is 12.1 Å². The van der Waals surface area contributed by atoms with Gasteiger partial charge < -0.3 is 18.9 Å². The van der Waals surface area contributed by atoms with Gasteiger partial charge in [0.1, 0.15) is 5.76 Å². The average molecular weight is 422 g/mol. The van der Waals surface area contributed by atoms with Crippen molar-refractivity contribution in [1.29, 1.82) is 0 Å². The molecule has 0 saturated carbocycles. The number of esters is 2. The molecule has 0 spiro atoms. The maximum Gasteiger partial charge on any atom is 0.361 e. The van der Waals surface area contributed by atoms with E-state index in [1.165, 1.54) is 0 Å². The molecule has 0 amide bonds. The summed E-state index contributed by atoms with van der Waals surface area (Å²) in [7, 11) is 0. The van der Waals surface area contributed by atoms with Gasteiger partial charge in [-0.05, 0) is 26.0 Å². The summed E-state index contributed by atoms with van der Waals surface area (Å²) in [4.78, 5) is 23.1. The summed E-state index contributed by atoms with van der Waals surface area (Å²) in [5.74, 6) is -0.448. The Kier molecular flexibility index (Phi) is 8.85. The monoisotopic (exact) mass is 422 g/mol. The summed E-state index contributed by atoms with van der Waals surface area (Å²) in [6.45, 7) is 3.25. The Morgan fingerprint density at radius 1 is 1.10 bits per heavy atom. The molecule has 4 N–H and O–H groups in total. The van der Waals surface area contributed by atoms with E-state index in [2.05, 4.69) is 0 Å². The molecule has 1 aromatic carbocycles. The van der Waals surface area contributed by atoms with E-state index in [4.69, 9.17) is 18.9 Å². The summed E-state index contributed by atoms with van der Waals surface area (Å²) in [5.41, 5.74) is 1.61. The smallest absolute Gasteiger partial charge is 0.361 e. The zero-order valence-corrected chi connectivity index (χ0v) is 16.9. The maximum absolute atomic E-state index is 11.6. The van der Waals surface area contributed by atoms with Crippen molar-refractivity contribution in [2.24, 2.45) is 0 Å². The summed E-state index contributed by atoms with van der Waals surface area (Å²) in [6, 6.07) is 4.72. The third-order valence-corrected chi connectivity index (χ3v) is 3.91. The fourth-order valence-electron chi connectivity index (χ4n) is 2.63. The van der Waals surface area contributed by atoms with Crippen molar-refractivity contribution in [3.8, 4) is 5.75 Å². The normalized spacial score (nSPS) is 14.6. The van der Waals surface area contributed by atoms with Crippen LogP contribution >= 0.6 is 0 Å². The van der Waals surface area contributed by atoms with Gasteiger partial charge in [0.2, 0.25) is 17.1 Å². The largest absolute Gasteiger partial charge is 0.486 e. The van der Waals surface area contributed by atoms with Crippen LogP contribution in [-0.4, -0.2) is 59.2 Å². The molecule has 0 radical (unpaired) electrons. The fourth-order valence-corrected chi connectivity index (χ4v) is 2.63. The zero-order valence-electron chi connectivity index (χ0n) is 16.9. The van der Waals surface area contributed by atoms with Gasteiger partial charge in [-0.15, -0.1) is 0 Å². The number of para-hydroxylation sites is 1. The van der Waals surface area contributed by atoms with Crippen LogP contribution in [-0.2, 0) is 23.8 Å². The number of carbonyl (C=O) groups excluding carboxylic acids is 2. The molecule has 0 saturated heterocycles. The Morgan fingerprint density at radius 3 is 2.40 bits per heavy atom. The number of allylic oxidation sites excluding steroid dienone is 4. The van der Waals surface area contributed by atoms with Crippen molar-refractivity contribution < 1.29 is 49.2 Å². The Bertz CT molecular complexity index is 860. The molecule has 10 heteroatoms. The molecule has 1 aliphatic carbocycles. The van der Waals surface area contributed by atoms with Crippen LogP contribution in [0.3, 0.4) is 0 Å². The minimum absolute atomic E-state index is 0.135. The summed E-state index contributed by atoms with van der Waals surface area (Å²) in [5, 5.41) is 20.4. The van der Waals surface area contributed by atoms with Crippen molar-refractivity contribution in [1.82, 2.24) is 0 Å². The Labute approximate surface area is 173 Å². The van der Waals surface area contributed by atoms with Crippen molar-refractivity contribution in [3.63, 3.8) is 0 Å². The first-order chi connectivity index (χ1) is 14.5. The highest BCUT2D eigenvalue weighted by molar-refractivity contribution is 5.94. The molecule has 30 heavy (non-hydrogen) atoms. The molecule has 0 heterocycles. The second kappa shape index (κ2) is 11.6. The van der Waals surface area contributed by atoms with Crippen LogP contribution in [0, 0.1) is 0 Å². The fraction of sp³-hybridized carbons (Fsp3) is 0.350. The number of hydrogen-bond donors (Lipinski definition) is 3. The van der Waals surface area contributed by atoms with E-state index in [1.807, 2.05) is 0 Å². The van der Waals surface area contributed by atoms with Gasteiger partial charge in [-0.25, -0.2) is 14.8 Å². The quantitative estimate of drug-likeness (QED) is 0.168. The predicted octanol–water partition coefficient (Wildman–Crippen LogP) is 1.11. The van der Waals surface area contributed by atoms with Crippen molar-refractivity contribution >= 4 is 29.0 Å². The molecule has 10 nitrogen and oxygen atoms in total. The second-order valence-corrected chi connectivity index (χ2v) is 5.98. The third kappa shape index (κ3) is 6.33. The van der Waals surface area contributed by atoms with Crippen molar-refractivity contribution in [2.75, 3.05) is 26.4 Å². The number of quaternary nitrogens is 1. The Balaban J connectivity index is 2.23. The molecule has 0 bridgehead atoms. The van der Waals surface area contributed by atoms with Crippen LogP contribution in [0.25, 0.3) is 0 Å². The van der Waals surface area contributed by atoms with Gasteiger partial charge in [-0.2, -0.15) is 5.48 Å². The summed E-state index contributed by atoms with van der Waals surface area (Å²) < 4.78 is 21.4. The van der Waals surface area contributed by atoms with Crippen molar-refractivity contribution in [2.45, 2.75) is 20.3 Å². The van der Waals surface area contributed by atoms with Crippen LogP contribution in [0.4, 0.5) is 11.4 Å². The Hall–Kier alpha value is -3.37. The second-order valence-electron chi connectivity index (χ2n) is 5.98. The van der Waals surface area contributed by atoms with Crippen LogP contribution in [0.15, 0.2) is 42.2 Å². The minimum Gasteiger partial charge on any atom is -0.486 e. The summed E-state index contributed by atoms with van der Waals surface area (Å²) >= 11 is 0. The molecule has 162 valence electrons. The highest BCUT2D eigenvalue weighted by atomic mass is 16.6. The third-order valence-electron chi connectivity index (χ3n) is 3.91. The van der Waals surface area contributed by atoms with Gasteiger partial charge in [-0.3, -0.25) is 5.21 Å². The van der Waals surface area contributed by atoms with Gasteiger partial charge >= 0.3 is 17.6 Å². The average Bonchev–Trinajstić information content (AvgIpc) is 2.76. The lowest BCUT2D eigenvalue weighted by atomic mass is 10.1. The van der Waals surface area contributed by atoms with Gasteiger partial charge in [0.15, 0.2) is 13.2 Å². The lowest BCUT2D eigenvalue weighted by Gasteiger charge is -2.12. The lowest BCUT2D eigenvalue weighted by Crippen LogP contribution is -2.74. The molecule has 0 aromatic heterocycles. The maximum atomic E-state index is 11.6. The zero-order chi connectivity index (χ0) is 21.9. The van der Waals surface area contributed by atoms with E-state index in [9.17, 15) is 20.0 Å². The standard InChI is InChI=1S/C20H25N2O8/c1-3-27-18(23)12-29-15-8-5-7-14(11-15)22(26)20-16(21-25)9-6-10-17(20)30-13-19(24)28-4-2/h5-10,21,25-26H,3-4,11-13H2,1-2H3/q+1/p+1/b22-14+. The Morgan fingerprint density at radius 2 is 1.77 bits per heavy atom. The van der Waals surface area contributed by atoms with Gasteiger partial charge in [0.05, 0.1) is 19.6 Å². The van der Waals surface area contributed by atoms with E-state index >= 15 is 0 Å². The number of nitrogens with zero attached hydrogens (tertiary/aromatic N) is 1. The molecule has 1 aromatic rings. The highest BCUT2D eigenvalue weighted by Gasteiger charge is 2.30. The molecular weight excluding hydrogens is 396 g/mol. The van der Waals surface area contributed by atoms with Gasteiger partial charge in [0.25, 0.3) is 0 Å². The molecule has 0 unspecified atom stereocenters. The SMILES string of the molecule is CCOC(=O)COC1=CC=C/C(=[N+](\O)c2c([NH2+]O)cccc2OCC(=O)OCC)C1. The molecule has 2 rings (SSSR count). The predicted molar refractivity (Wildman–Crippen MR) is 103 cm³/mol. The van der Waals surface area contributed by atoms with E-state index in [0.717, 1.165) is 10.2 Å². The van der Waals surface area contributed by atoms with Crippen LogP contribution in [0.5, 0.6) is 5.75 Å². The topological polar surface area (TPSA) is 131 Å². The highest BCUT2D eigenvalue weighted by Crippen LogP contribution is 2.33. The van der Waals surface area contributed by atoms with E-state index in [-0.39, 0.29) is 50.0 Å². The van der Waals surface area contributed by atoms with E-state index in [0.29, 0.717) is 11.5 Å². The molecule has 0 atom stereocenters. The molecular formula is C20H26N2O8+2. The van der Waals surface area contributed by atoms with E-state index in [1.54, 1.807) is 50.3 Å². The molecule has 0 aliphatic heterocycles. The molecule has 0 fully saturated rings. The first kappa shape index (κ1) is 22.9. The minimum atomic E-state index is -0.561. The van der Waals surface area contributed by atoms with Crippen LogP contribution in [0.1, 0.15) is 20.3 Å². The number of rotatable bonds is 10. The number of ether oxygens (including phenoxy) is 4. The van der Waals surface area contributed by atoms with Crippen LogP contribution in [0.2, 0.25) is 0 Å². The first-order valence-corrected chi connectivity index (χ1v) is 9.39. The number of nitrogens with two attached hydrogens (primary N) is 1. The van der Waals surface area contributed by atoms with Crippen LogP contribution < -0.4 is 10.2 Å². The van der Waals surface area contributed by atoms with Crippen molar-refractivity contribution in [3.05, 3.63) is 42.2 Å². The van der Waals surface area contributed by atoms with E-state index < -0.39 is 11.9 Å². The summed E-state index contributed by atoms with van der Waals surface area (Å²) in [6.07, 6.45) is 5.12. The number of benzene rings is 1. The number of carbonyl (C=O) groups is 2. The van der Waals surface area contributed by atoms with Gasteiger partial charge in [0, 0.05) is 16.9 Å². The number of hydrogen-bond acceptors (Lipinski definition) is 8. The lowest BCUT2D eigenvalue weighted by molar-refractivity contribution is -0.830. The molecule has 1 aliphatic rings.